The van der Waals surface area contributed by atoms with Crippen LogP contribution in [-0.4, -0.2) is 53.5 Å². The van der Waals surface area contributed by atoms with Crippen LogP contribution in [-0.2, 0) is 17.9 Å². The predicted molar refractivity (Wildman–Crippen MR) is 86.9 cm³/mol. The number of likely N-dealkylation sites (tertiary alicyclic amines) is 1. The third kappa shape index (κ3) is 3.81. The monoisotopic (exact) mass is 332 g/mol. The van der Waals surface area contributed by atoms with E-state index in [9.17, 15) is 9.90 Å². The maximum atomic E-state index is 12.4. The van der Waals surface area contributed by atoms with Crippen LogP contribution in [0.1, 0.15) is 37.4 Å². The van der Waals surface area contributed by atoms with Crippen molar-refractivity contribution in [1.82, 2.24) is 29.4 Å². The van der Waals surface area contributed by atoms with Gasteiger partial charge >= 0.3 is 0 Å². The molecule has 1 aliphatic heterocycles. The van der Waals surface area contributed by atoms with Gasteiger partial charge in [0.2, 0.25) is 5.91 Å². The molecule has 8 heteroatoms. The number of piperidine rings is 1. The molecular weight excluding hydrogens is 308 g/mol. The van der Waals surface area contributed by atoms with E-state index < -0.39 is 6.10 Å². The summed E-state index contributed by atoms with van der Waals surface area (Å²) in [4.78, 5) is 18.5. The molecule has 24 heavy (non-hydrogen) atoms. The summed E-state index contributed by atoms with van der Waals surface area (Å²) in [5, 5.41) is 17.5. The highest BCUT2D eigenvalue weighted by molar-refractivity contribution is 5.76. The molecule has 3 heterocycles. The van der Waals surface area contributed by atoms with E-state index in [4.69, 9.17) is 0 Å². The predicted octanol–water partition coefficient (Wildman–Crippen LogP) is 0.775. The number of aryl methyl sites for hydroxylation is 1. The first-order chi connectivity index (χ1) is 11.5. The van der Waals surface area contributed by atoms with Gasteiger partial charge in [0.25, 0.3) is 0 Å². The topological polar surface area (TPSA) is 89.1 Å². The van der Waals surface area contributed by atoms with E-state index in [2.05, 4.69) is 15.3 Å². The van der Waals surface area contributed by atoms with Gasteiger partial charge in [0.15, 0.2) is 0 Å². The summed E-state index contributed by atoms with van der Waals surface area (Å²) in [5.41, 5.74) is 0.596. The Kier molecular flexibility index (Phi) is 4.94. The van der Waals surface area contributed by atoms with Gasteiger partial charge < -0.3 is 14.6 Å². The van der Waals surface area contributed by atoms with E-state index in [-0.39, 0.29) is 5.91 Å². The molecule has 1 amide bonds. The number of carbonyl (C=O) groups excluding carboxylic acids is 1. The molecule has 2 aromatic heterocycles. The second-order valence-electron chi connectivity index (χ2n) is 6.47. The third-order valence-electron chi connectivity index (χ3n) is 4.63. The molecule has 0 aliphatic carbocycles. The molecule has 0 spiro atoms. The van der Waals surface area contributed by atoms with Gasteiger partial charge in [0.1, 0.15) is 18.1 Å². The number of carbonyl (C=O) groups is 1. The lowest BCUT2D eigenvalue weighted by Crippen LogP contribution is -2.41. The molecule has 1 fully saturated rings. The first kappa shape index (κ1) is 16.6. The standard InChI is InChI=1S/C16H24N6O2/c1-12(23)15-10-22(19-18-15)9-14-3-6-20(7-4-14)16(24)11-21-8-5-17-13(21)2/h5,8,10,12,14,23H,3-4,6-7,9,11H2,1-2H3/t12-/m0/s1. The van der Waals surface area contributed by atoms with Gasteiger partial charge in [-0.25, -0.2) is 4.98 Å². The van der Waals surface area contributed by atoms with E-state index in [0.29, 0.717) is 18.2 Å². The van der Waals surface area contributed by atoms with Gasteiger partial charge in [-0.15, -0.1) is 5.10 Å². The summed E-state index contributed by atoms with van der Waals surface area (Å²) in [7, 11) is 0. The largest absolute Gasteiger partial charge is 0.387 e. The molecule has 2 aromatic rings. The fourth-order valence-corrected chi connectivity index (χ4v) is 3.04. The van der Waals surface area contributed by atoms with E-state index >= 15 is 0 Å². The average Bonchev–Trinajstić information content (AvgIpc) is 3.18. The number of nitrogens with zero attached hydrogens (tertiary/aromatic N) is 6. The SMILES string of the molecule is Cc1nccn1CC(=O)N1CCC(Cn2cc([C@H](C)O)nn2)CC1. The summed E-state index contributed by atoms with van der Waals surface area (Å²) >= 11 is 0. The Morgan fingerprint density at radius 1 is 1.42 bits per heavy atom. The minimum atomic E-state index is -0.593. The van der Waals surface area contributed by atoms with Crippen molar-refractivity contribution in [1.29, 1.82) is 0 Å². The van der Waals surface area contributed by atoms with E-state index in [0.717, 1.165) is 38.3 Å². The Hall–Kier alpha value is -2.22. The summed E-state index contributed by atoms with van der Waals surface area (Å²) in [5.74, 6) is 1.48. The first-order valence-corrected chi connectivity index (χ1v) is 8.36. The normalized spacial score (nSPS) is 17.2. The van der Waals surface area contributed by atoms with Crippen LogP contribution in [0.25, 0.3) is 0 Å². The number of rotatable bonds is 5. The Morgan fingerprint density at radius 2 is 2.17 bits per heavy atom. The van der Waals surface area contributed by atoms with Gasteiger partial charge in [-0.2, -0.15) is 0 Å². The summed E-state index contributed by atoms with van der Waals surface area (Å²) in [6.07, 6.45) is 6.67. The molecule has 1 saturated heterocycles. The van der Waals surface area contributed by atoms with Gasteiger partial charge in [0.05, 0.1) is 12.3 Å². The molecule has 0 bridgehead atoms. The van der Waals surface area contributed by atoms with Crippen LogP contribution in [0, 0.1) is 12.8 Å². The highest BCUT2D eigenvalue weighted by Gasteiger charge is 2.23. The van der Waals surface area contributed by atoms with Crippen LogP contribution < -0.4 is 0 Å². The van der Waals surface area contributed by atoms with Gasteiger partial charge in [-0.3, -0.25) is 9.48 Å². The van der Waals surface area contributed by atoms with Gasteiger partial charge in [-0.05, 0) is 32.6 Å². The maximum Gasteiger partial charge on any atom is 0.242 e. The lowest BCUT2D eigenvalue weighted by Gasteiger charge is -2.32. The van der Waals surface area contributed by atoms with Crippen LogP contribution in [0.4, 0.5) is 0 Å². The molecule has 8 nitrogen and oxygen atoms in total. The van der Waals surface area contributed by atoms with Gasteiger partial charge in [-0.1, -0.05) is 5.21 Å². The summed E-state index contributed by atoms with van der Waals surface area (Å²) in [6.45, 7) is 6.27. The number of hydrogen-bond acceptors (Lipinski definition) is 5. The van der Waals surface area contributed by atoms with Crippen molar-refractivity contribution in [2.24, 2.45) is 5.92 Å². The molecule has 0 saturated carbocycles. The van der Waals surface area contributed by atoms with Crippen LogP contribution in [0.15, 0.2) is 18.6 Å². The molecule has 1 atom stereocenters. The smallest absolute Gasteiger partial charge is 0.242 e. The van der Waals surface area contributed by atoms with Crippen molar-refractivity contribution in [3.05, 3.63) is 30.1 Å². The second kappa shape index (κ2) is 7.12. The molecule has 0 unspecified atom stereocenters. The van der Waals surface area contributed by atoms with E-state index in [1.807, 2.05) is 22.6 Å². The number of amides is 1. The molecule has 0 radical (unpaired) electrons. The highest BCUT2D eigenvalue weighted by atomic mass is 16.3. The molecule has 0 aromatic carbocycles. The van der Waals surface area contributed by atoms with Crippen LogP contribution >= 0.6 is 0 Å². The molecule has 3 rings (SSSR count). The van der Waals surface area contributed by atoms with Crippen molar-refractivity contribution >= 4 is 5.91 Å². The molecule has 130 valence electrons. The highest BCUT2D eigenvalue weighted by Crippen LogP contribution is 2.20. The lowest BCUT2D eigenvalue weighted by molar-refractivity contribution is -0.133. The third-order valence-corrected chi connectivity index (χ3v) is 4.63. The summed E-state index contributed by atoms with van der Waals surface area (Å²) < 4.78 is 3.67. The zero-order valence-electron chi connectivity index (χ0n) is 14.2. The number of aromatic nitrogens is 5. The van der Waals surface area contributed by atoms with Crippen molar-refractivity contribution < 1.29 is 9.90 Å². The van der Waals surface area contributed by atoms with Crippen LogP contribution in [0.3, 0.4) is 0 Å². The van der Waals surface area contributed by atoms with Crippen molar-refractivity contribution in [2.75, 3.05) is 13.1 Å². The van der Waals surface area contributed by atoms with E-state index in [1.165, 1.54) is 0 Å². The minimum absolute atomic E-state index is 0.145. The van der Waals surface area contributed by atoms with Crippen LogP contribution in [0.2, 0.25) is 0 Å². The first-order valence-electron chi connectivity index (χ1n) is 8.36. The van der Waals surface area contributed by atoms with Crippen LogP contribution in [0.5, 0.6) is 0 Å². The summed E-state index contributed by atoms with van der Waals surface area (Å²) in [6, 6.07) is 0. The number of aliphatic hydroxyl groups excluding tert-OH is 1. The van der Waals surface area contributed by atoms with Crippen molar-refractivity contribution in [3.8, 4) is 0 Å². The Balaban J connectivity index is 1.48. The lowest BCUT2D eigenvalue weighted by atomic mass is 9.97. The molecule has 1 aliphatic rings. The Morgan fingerprint density at radius 3 is 2.75 bits per heavy atom. The zero-order valence-corrected chi connectivity index (χ0v) is 14.2. The quantitative estimate of drug-likeness (QED) is 0.874. The maximum absolute atomic E-state index is 12.4. The Labute approximate surface area is 141 Å². The number of hydrogen-bond donors (Lipinski definition) is 1. The fraction of sp³-hybridized carbons (Fsp3) is 0.625. The van der Waals surface area contributed by atoms with Crippen molar-refractivity contribution in [3.63, 3.8) is 0 Å². The Bertz CT molecular complexity index is 684. The van der Waals surface area contributed by atoms with Crippen molar-refractivity contribution in [2.45, 2.75) is 45.9 Å². The number of aliphatic hydroxyl groups is 1. The molecular formula is C16H24N6O2. The molecule has 1 N–H and O–H groups in total. The number of imidazole rings is 1. The zero-order chi connectivity index (χ0) is 17.1. The fourth-order valence-electron chi connectivity index (χ4n) is 3.04. The average molecular weight is 332 g/mol. The van der Waals surface area contributed by atoms with E-state index in [1.54, 1.807) is 24.0 Å². The van der Waals surface area contributed by atoms with Gasteiger partial charge in [0, 0.05) is 32.0 Å². The minimum Gasteiger partial charge on any atom is -0.387 e. The second-order valence-corrected chi connectivity index (χ2v) is 6.47.